The van der Waals surface area contributed by atoms with Gasteiger partial charge in [0, 0.05) is 41.7 Å². The number of hydrogen-bond donors (Lipinski definition) is 0. The number of carbonyl (C=O) groups excluding carboxylic acids is 1. The number of sulfone groups is 1. The van der Waals surface area contributed by atoms with Gasteiger partial charge in [0.05, 0.1) is 10.9 Å². The van der Waals surface area contributed by atoms with E-state index in [4.69, 9.17) is 0 Å². The molecule has 26 heavy (non-hydrogen) atoms. The van der Waals surface area contributed by atoms with Gasteiger partial charge in [0.15, 0.2) is 9.84 Å². The fourth-order valence-electron chi connectivity index (χ4n) is 2.63. The summed E-state index contributed by atoms with van der Waals surface area (Å²) >= 11 is 0. The number of hydrogen-bond acceptors (Lipinski definition) is 4. The van der Waals surface area contributed by atoms with E-state index in [0.29, 0.717) is 11.3 Å². The molecule has 0 aliphatic carbocycles. The van der Waals surface area contributed by atoms with E-state index in [1.807, 2.05) is 13.0 Å². The highest BCUT2D eigenvalue weighted by molar-refractivity contribution is 7.90. The van der Waals surface area contributed by atoms with Gasteiger partial charge in [-0.2, -0.15) is 0 Å². The minimum absolute atomic E-state index is 0.145. The molecule has 0 saturated carbocycles. The normalized spacial score (nSPS) is 13.8. The zero-order chi connectivity index (χ0) is 19.5. The van der Waals surface area contributed by atoms with E-state index in [-0.39, 0.29) is 16.8 Å². The first-order valence-corrected chi connectivity index (χ1v) is 11.7. The van der Waals surface area contributed by atoms with E-state index in [9.17, 15) is 17.4 Å². The Bertz CT molecular complexity index is 921. The molecule has 0 aliphatic rings. The third-order valence-corrected chi connectivity index (χ3v) is 6.10. The van der Waals surface area contributed by atoms with Crippen molar-refractivity contribution in [1.82, 2.24) is 4.90 Å². The highest BCUT2D eigenvalue weighted by Gasteiger charge is 2.20. The van der Waals surface area contributed by atoms with Gasteiger partial charge in [-0.25, -0.2) is 8.42 Å². The molecule has 2 unspecified atom stereocenters. The van der Waals surface area contributed by atoms with Crippen LogP contribution in [0, 0.1) is 0 Å². The van der Waals surface area contributed by atoms with Crippen LogP contribution in [0.1, 0.15) is 34.5 Å². The molecule has 0 aromatic heterocycles. The molecule has 5 nitrogen and oxygen atoms in total. The van der Waals surface area contributed by atoms with Crippen LogP contribution >= 0.6 is 0 Å². The Labute approximate surface area is 157 Å². The van der Waals surface area contributed by atoms with Crippen molar-refractivity contribution in [3.8, 4) is 0 Å². The summed E-state index contributed by atoms with van der Waals surface area (Å²) in [5.74, 6) is 0.265. The Morgan fingerprint density at radius 2 is 1.77 bits per heavy atom. The summed E-state index contributed by atoms with van der Waals surface area (Å²) in [5.41, 5.74) is 2.24. The third kappa shape index (κ3) is 5.02. The maximum atomic E-state index is 12.8. The highest BCUT2D eigenvalue weighted by Crippen LogP contribution is 2.23. The highest BCUT2D eigenvalue weighted by atomic mass is 32.2. The van der Waals surface area contributed by atoms with Crippen LogP contribution in [0.4, 0.5) is 0 Å². The smallest absolute Gasteiger partial charge is 0.254 e. The molecule has 140 valence electrons. The van der Waals surface area contributed by atoms with Crippen LogP contribution in [0.5, 0.6) is 0 Å². The third-order valence-electron chi connectivity index (χ3n) is 4.24. The van der Waals surface area contributed by atoms with Crippen molar-refractivity contribution in [3.63, 3.8) is 0 Å². The molecule has 0 bridgehead atoms. The van der Waals surface area contributed by atoms with Crippen molar-refractivity contribution in [3.05, 3.63) is 65.2 Å². The monoisotopic (exact) mass is 393 g/mol. The number of amides is 1. The van der Waals surface area contributed by atoms with Gasteiger partial charge in [-0.05, 0) is 42.3 Å². The Balaban J connectivity index is 2.20. The van der Waals surface area contributed by atoms with Gasteiger partial charge in [-0.1, -0.05) is 24.3 Å². The summed E-state index contributed by atoms with van der Waals surface area (Å²) in [6.45, 7) is 1.89. The van der Waals surface area contributed by atoms with E-state index >= 15 is 0 Å². The lowest BCUT2D eigenvalue weighted by atomic mass is 10.1. The van der Waals surface area contributed by atoms with Gasteiger partial charge in [0.25, 0.3) is 5.91 Å². The van der Waals surface area contributed by atoms with Crippen molar-refractivity contribution in [2.45, 2.75) is 23.6 Å². The average molecular weight is 394 g/mol. The predicted molar refractivity (Wildman–Crippen MR) is 104 cm³/mol. The number of carbonyl (C=O) groups is 1. The molecule has 0 heterocycles. The summed E-state index contributed by atoms with van der Waals surface area (Å²) in [4.78, 5) is 14.6. The van der Waals surface area contributed by atoms with Crippen LogP contribution in [0.15, 0.2) is 53.4 Å². The van der Waals surface area contributed by atoms with E-state index in [1.54, 1.807) is 60.7 Å². The minimum Gasteiger partial charge on any atom is -0.335 e. The van der Waals surface area contributed by atoms with Crippen molar-refractivity contribution in [2.24, 2.45) is 0 Å². The predicted octanol–water partition coefficient (Wildman–Crippen LogP) is 2.80. The van der Waals surface area contributed by atoms with E-state index in [2.05, 4.69) is 0 Å². The Morgan fingerprint density at radius 1 is 1.15 bits per heavy atom. The minimum atomic E-state index is -3.25. The first kappa shape index (κ1) is 20.3. The Kier molecular flexibility index (Phi) is 6.36. The molecule has 2 aromatic carbocycles. The maximum absolute atomic E-state index is 12.8. The lowest BCUT2D eigenvalue weighted by molar-refractivity contribution is 0.0742. The van der Waals surface area contributed by atoms with Crippen LogP contribution in [-0.4, -0.2) is 43.0 Å². The largest absolute Gasteiger partial charge is 0.335 e. The van der Waals surface area contributed by atoms with E-state index in [1.165, 1.54) is 0 Å². The molecule has 2 aromatic rings. The Morgan fingerprint density at radius 3 is 2.31 bits per heavy atom. The summed E-state index contributed by atoms with van der Waals surface area (Å²) < 4.78 is 34.5. The molecule has 0 N–H and O–H groups in total. The summed E-state index contributed by atoms with van der Waals surface area (Å²) in [6, 6.07) is 13.5. The standard InChI is InChI=1S/C19H23NO4S2/c1-14(16-8-10-18(11-9-16)26(4,23)24)20(2)19(21)17-7-5-6-15(12-17)13-25(3)22/h5-12,14H,13H2,1-4H3. The van der Waals surface area contributed by atoms with Crippen molar-refractivity contribution in [2.75, 3.05) is 19.6 Å². The van der Waals surface area contributed by atoms with Gasteiger partial charge in [-0.15, -0.1) is 0 Å². The molecule has 2 atom stereocenters. The van der Waals surface area contributed by atoms with E-state index < -0.39 is 20.6 Å². The topological polar surface area (TPSA) is 71.5 Å². The molecule has 0 radical (unpaired) electrons. The second-order valence-corrected chi connectivity index (χ2v) is 9.80. The van der Waals surface area contributed by atoms with Crippen molar-refractivity contribution < 1.29 is 17.4 Å². The number of rotatable bonds is 6. The molecule has 0 saturated heterocycles. The van der Waals surface area contributed by atoms with E-state index in [0.717, 1.165) is 17.4 Å². The van der Waals surface area contributed by atoms with Gasteiger partial charge < -0.3 is 4.90 Å². The summed E-state index contributed by atoms with van der Waals surface area (Å²) in [6.07, 6.45) is 2.79. The molecule has 0 fully saturated rings. The van der Waals surface area contributed by atoms with Crippen LogP contribution in [0.25, 0.3) is 0 Å². The first-order valence-electron chi connectivity index (χ1n) is 8.05. The second kappa shape index (κ2) is 8.14. The molecule has 7 heteroatoms. The quantitative estimate of drug-likeness (QED) is 0.757. The van der Waals surface area contributed by atoms with Gasteiger partial charge in [0.1, 0.15) is 0 Å². The van der Waals surface area contributed by atoms with Crippen LogP contribution in [0.2, 0.25) is 0 Å². The fourth-order valence-corrected chi connectivity index (χ4v) is 3.90. The summed E-state index contributed by atoms with van der Waals surface area (Å²) in [7, 11) is -2.51. The lowest BCUT2D eigenvalue weighted by Crippen LogP contribution is -2.29. The molecular weight excluding hydrogens is 370 g/mol. The zero-order valence-corrected chi connectivity index (χ0v) is 16.9. The van der Waals surface area contributed by atoms with Crippen molar-refractivity contribution in [1.29, 1.82) is 0 Å². The lowest BCUT2D eigenvalue weighted by Gasteiger charge is -2.26. The molecular formula is C19H23NO4S2. The van der Waals surface area contributed by atoms with Gasteiger partial charge >= 0.3 is 0 Å². The second-order valence-electron chi connectivity index (χ2n) is 6.35. The van der Waals surface area contributed by atoms with Crippen LogP contribution in [-0.2, 0) is 26.4 Å². The first-order chi connectivity index (χ1) is 12.1. The van der Waals surface area contributed by atoms with Crippen LogP contribution in [0.3, 0.4) is 0 Å². The van der Waals surface area contributed by atoms with Crippen molar-refractivity contribution >= 4 is 26.5 Å². The SMILES string of the molecule is CC(c1ccc(S(C)(=O)=O)cc1)N(C)C(=O)c1cccc(CS(C)=O)c1. The van der Waals surface area contributed by atoms with Gasteiger partial charge in [-0.3, -0.25) is 9.00 Å². The molecule has 2 rings (SSSR count). The zero-order valence-electron chi connectivity index (χ0n) is 15.3. The van der Waals surface area contributed by atoms with Crippen LogP contribution < -0.4 is 0 Å². The Hall–Kier alpha value is -1.99. The molecule has 0 aliphatic heterocycles. The summed E-state index contributed by atoms with van der Waals surface area (Å²) in [5, 5.41) is 0. The number of benzene rings is 2. The van der Waals surface area contributed by atoms with Gasteiger partial charge in [0.2, 0.25) is 0 Å². The average Bonchev–Trinajstić information content (AvgIpc) is 2.59. The fraction of sp³-hybridized carbons (Fsp3) is 0.316. The number of nitrogens with zero attached hydrogens (tertiary/aromatic N) is 1. The molecule has 1 amide bonds. The molecule has 0 spiro atoms. The maximum Gasteiger partial charge on any atom is 0.254 e.